The normalized spacial score (nSPS) is 12.0. The van der Waals surface area contributed by atoms with E-state index in [1.54, 1.807) is 7.05 Å². The molecule has 0 aliphatic carbocycles. The zero-order chi connectivity index (χ0) is 13.3. The number of hydrogen-bond acceptors (Lipinski definition) is 4. The van der Waals surface area contributed by atoms with Crippen LogP contribution in [0.25, 0.3) is 11.1 Å². The molecule has 0 radical (unpaired) electrons. The Morgan fingerprint density at radius 2 is 2.17 bits per heavy atom. The van der Waals surface area contributed by atoms with E-state index in [2.05, 4.69) is 19.2 Å². The van der Waals surface area contributed by atoms with Gasteiger partial charge in [0.1, 0.15) is 0 Å². The predicted octanol–water partition coefficient (Wildman–Crippen LogP) is 1.53. The fourth-order valence-corrected chi connectivity index (χ4v) is 1.66. The molecule has 98 valence electrons. The van der Waals surface area contributed by atoms with E-state index < -0.39 is 0 Å². The fraction of sp³-hybridized carbons (Fsp3) is 0.462. The van der Waals surface area contributed by atoms with Gasteiger partial charge in [-0.25, -0.2) is 4.79 Å². The highest BCUT2D eigenvalue weighted by molar-refractivity contribution is 5.77. The predicted molar refractivity (Wildman–Crippen MR) is 72.8 cm³/mol. The van der Waals surface area contributed by atoms with E-state index in [0.29, 0.717) is 12.1 Å². The summed E-state index contributed by atoms with van der Waals surface area (Å²) in [4.78, 5) is 11.4. The number of aromatic nitrogens is 1. The number of hydrogen-bond donors (Lipinski definition) is 2. The monoisotopic (exact) mass is 249 g/mol. The first-order valence-corrected chi connectivity index (χ1v) is 5.96. The van der Waals surface area contributed by atoms with Crippen molar-refractivity contribution in [2.45, 2.75) is 13.8 Å². The van der Waals surface area contributed by atoms with Gasteiger partial charge in [0.05, 0.1) is 5.52 Å². The molecular formula is C13H19N3O2. The lowest BCUT2D eigenvalue weighted by Crippen LogP contribution is -2.31. The number of rotatable bonds is 4. The van der Waals surface area contributed by atoms with Crippen LogP contribution in [0.3, 0.4) is 0 Å². The van der Waals surface area contributed by atoms with Gasteiger partial charge in [-0.15, -0.1) is 0 Å². The van der Waals surface area contributed by atoms with Crippen LogP contribution in [0, 0.1) is 5.41 Å². The zero-order valence-corrected chi connectivity index (χ0v) is 11.0. The van der Waals surface area contributed by atoms with Crippen molar-refractivity contribution in [3.63, 3.8) is 0 Å². The molecule has 0 atom stereocenters. The van der Waals surface area contributed by atoms with Crippen molar-refractivity contribution in [1.82, 2.24) is 4.57 Å². The van der Waals surface area contributed by atoms with Crippen molar-refractivity contribution in [2.24, 2.45) is 18.2 Å². The number of nitrogens with zero attached hydrogens (tertiary/aromatic N) is 1. The Morgan fingerprint density at radius 3 is 2.83 bits per heavy atom. The smallest absolute Gasteiger partial charge is 0.408 e. The molecule has 1 aromatic heterocycles. The molecule has 0 aliphatic rings. The van der Waals surface area contributed by atoms with Gasteiger partial charge in [0.25, 0.3) is 0 Å². The highest BCUT2D eigenvalue weighted by Gasteiger charge is 2.15. The average molecular weight is 249 g/mol. The van der Waals surface area contributed by atoms with Crippen LogP contribution in [-0.2, 0) is 7.05 Å². The molecule has 18 heavy (non-hydrogen) atoms. The first-order valence-electron chi connectivity index (χ1n) is 5.96. The molecule has 5 nitrogen and oxygen atoms in total. The Bertz CT molecular complexity index is 610. The Labute approximate surface area is 106 Å². The van der Waals surface area contributed by atoms with Crippen LogP contribution in [0.5, 0.6) is 0 Å². The van der Waals surface area contributed by atoms with Gasteiger partial charge in [-0.2, -0.15) is 0 Å². The molecule has 3 N–H and O–H groups in total. The van der Waals surface area contributed by atoms with Gasteiger partial charge in [-0.3, -0.25) is 4.57 Å². The van der Waals surface area contributed by atoms with Crippen molar-refractivity contribution in [3.05, 3.63) is 28.7 Å². The third kappa shape index (κ3) is 2.41. The topological polar surface area (TPSA) is 73.2 Å². The third-order valence-corrected chi connectivity index (χ3v) is 3.12. The lowest BCUT2D eigenvalue weighted by molar-refractivity contribution is 0.405. The lowest BCUT2D eigenvalue weighted by atomic mass is 9.94. The van der Waals surface area contributed by atoms with Crippen LogP contribution in [0.15, 0.2) is 27.4 Å². The molecule has 0 unspecified atom stereocenters. The third-order valence-electron chi connectivity index (χ3n) is 3.12. The van der Waals surface area contributed by atoms with E-state index in [9.17, 15) is 4.79 Å². The second-order valence-corrected chi connectivity index (χ2v) is 5.33. The summed E-state index contributed by atoms with van der Waals surface area (Å²) in [7, 11) is 1.69. The van der Waals surface area contributed by atoms with Gasteiger partial charge in [0, 0.05) is 25.3 Å². The van der Waals surface area contributed by atoms with Crippen LogP contribution in [0.2, 0.25) is 0 Å². The molecular weight excluding hydrogens is 230 g/mol. The highest BCUT2D eigenvalue weighted by atomic mass is 16.4. The van der Waals surface area contributed by atoms with Crippen molar-refractivity contribution in [1.29, 1.82) is 0 Å². The van der Waals surface area contributed by atoms with E-state index in [0.717, 1.165) is 17.7 Å². The lowest BCUT2D eigenvalue weighted by Gasteiger charge is -2.23. The molecule has 0 amide bonds. The summed E-state index contributed by atoms with van der Waals surface area (Å²) in [5.74, 6) is -0.343. The SMILES string of the molecule is Cn1c(=O)oc2cc(NCC(C)(C)CN)ccc21. The summed E-state index contributed by atoms with van der Waals surface area (Å²) in [6.45, 7) is 5.58. The summed E-state index contributed by atoms with van der Waals surface area (Å²) >= 11 is 0. The maximum Gasteiger partial charge on any atom is 0.419 e. The highest BCUT2D eigenvalue weighted by Crippen LogP contribution is 2.20. The first-order chi connectivity index (χ1) is 8.43. The summed E-state index contributed by atoms with van der Waals surface area (Å²) in [6, 6.07) is 5.64. The van der Waals surface area contributed by atoms with E-state index in [-0.39, 0.29) is 11.2 Å². The zero-order valence-electron chi connectivity index (χ0n) is 11.0. The second kappa shape index (κ2) is 4.49. The molecule has 0 fully saturated rings. The largest absolute Gasteiger partial charge is 0.419 e. The van der Waals surface area contributed by atoms with Crippen LogP contribution < -0.4 is 16.8 Å². The van der Waals surface area contributed by atoms with Gasteiger partial charge in [0.2, 0.25) is 0 Å². The number of aryl methyl sites for hydroxylation is 1. The molecule has 0 aliphatic heterocycles. The molecule has 0 spiro atoms. The molecule has 2 rings (SSSR count). The molecule has 5 heteroatoms. The van der Waals surface area contributed by atoms with Gasteiger partial charge in [-0.1, -0.05) is 13.8 Å². The van der Waals surface area contributed by atoms with E-state index in [4.69, 9.17) is 10.2 Å². The van der Waals surface area contributed by atoms with Crippen molar-refractivity contribution < 1.29 is 4.42 Å². The van der Waals surface area contributed by atoms with Crippen LogP contribution in [-0.4, -0.2) is 17.7 Å². The van der Waals surface area contributed by atoms with Gasteiger partial charge in [0.15, 0.2) is 5.58 Å². The van der Waals surface area contributed by atoms with Crippen LogP contribution in [0.1, 0.15) is 13.8 Å². The summed E-state index contributed by atoms with van der Waals surface area (Å²) in [5.41, 5.74) is 8.03. The number of nitrogens with one attached hydrogen (secondary N) is 1. The quantitative estimate of drug-likeness (QED) is 0.861. The Morgan fingerprint density at radius 1 is 1.44 bits per heavy atom. The minimum Gasteiger partial charge on any atom is -0.408 e. The molecule has 0 bridgehead atoms. The van der Waals surface area contributed by atoms with E-state index >= 15 is 0 Å². The second-order valence-electron chi connectivity index (χ2n) is 5.33. The Kier molecular flexibility index (Phi) is 3.17. The van der Waals surface area contributed by atoms with Gasteiger partial charge >= 0.3 is 5.76 Å². The molecule has 1 aromatic carbocycles. The minimum absolute atomic E-state index is 0.0342. The van der Waals surface area contributed by atoms with Gasteiger partial charge < -0.3 is 15.5 Å². The van der Waals surface area contributed by atoms with Crippen molar-refractivity contribution in [3.8, 4) is 0 Å². The standard InChI is InChI=1S/C13H19N3O2/c1-13(2,7-14)8-15-9-4-5-10-11(6-9)18-12(17)16(10)3/h4-6,15H,7-8,14H2,1-3H3. The summed E-state index contributed by atoms with van der Waals surface area (Å²) < 4.78 is 6.63. The Balaban J connectivity index is 2.23. The number of anilines is 1. The number of nitrogens with two attached hydrogens (primary N) is 1. The van der Waals surface area contributed by atoms with E-state index in [1.165, 1.54) is 4.57 Å². The minimum atomic E-state index is -0.343. The molecule has 0 saturated heterocycles. The number of fused-ring (bicyclic) bond motifs is 1. The summed E-state index contributed by atoms with van der Waals surface area (Å²) in [5, 5.41) is 3.31. The van der Waals surface area contributed by atoms with Gasteiger partial charge in [-0.05, 0) is 24.1 Å². The molecule has 0 saturated carbocycles. The van der Waals surface area contributed by atoms with Crippen LogP contribution in [0.4, 0.5) is 5.69 Å². The number of benzene rings is 1. The number of oxazole rings is 1. The Hall–Kier alpha value is -1.75. The summed E-state index contributed by atoms with van der Waals surface area (Å²) in [6.07, 6.45) is 0. The van der Waals surface area contributed by atoms with Crippen molar-refractivity contribution in [2.75, 3.05) is 18.4 Å². The molecule has 2 aromatic rings. The maximum absolute atomic E-state index is 11.4. The van der Waals surface area contributed by atoms with Crippen LogP contribution >= 0.6 is 0 Å². The van der Waals surface area contributed by atoms with Crippen molar-refractivity contribution >= 4 is 16.8 Å². The fourth-order valence-electron chi connectivity index (χ4n) is 1.66. The average Bonchev–Trinajstić information content (AvgIpc) is 2.62. The van der Waals surface area contributed by atoms with E-state index in [1.807, 2.05) is 18.2 Å². The maximum atomic E-state index is 11.4. The molecule has 1 heterocycles. The first kappa shape index (κ1) is 12.7.